The molecule has 0 saturated heterocycles. The minimum Gasteiger partial charge on any atom is -0.309 e. The Bertz CT molecular complexity index is 3260. The molecule has 0 aliphatic heterocycles. The smallest absolute Gasteiger partial charge is 0.0547 e. The summed E-state index contributed by atoms with van der Waals surface area (Å²) < 4.78 is 2.46. The van der Waals surface area contributed by atoms with Crippen LogP contribution in [0.3, 0.4) is 0 Å². The highest BCUT2D eigenvalue weighted by Gasteiger charge is 2.22. The molecule has 1 heteroatoms. The molecule has 1 nitrogen and oxygen atoms in total. The Morgan fingerprint density at radius 2 is 0.642 bits per heavy atom. The number of aromatic nitrogens is 1. The van der Waals surface area contributed by atoms with Gasteiger partial charge in [-0.15, -0.1) is 0 Å². The van der Waals surface area contributed by atoms with E-state index in [4.69, 9.17) is 0 Å². The summed E-state index contributed by atoms with van der Waals surface area (Å²) in [4.78, 5) is 0. The topological polar surface area (TPSA) is 4.93 Å². The van der Waals surface area contributed by atoms with Gasteiger partial charge >= 0.3 is 0 Å². The largest absolute Gasteiger partial charge is 0.309 e. The van der Waals surface area contributed by atoms with E-state index in [1.54, 1.807) is 0 Å². The maximum Gasteiger partial charge on any atom is 0.0547 e. The normalized spacial score (nSPS) is 12.5. The highest BCUT2D eigenvalue weighted by molar-refractivity contribution is 6.30. The second kappa shape index (κ2) is 9.88. The summed E-state index contributed by atoms with van der Waals surface area (Å²) in [5.41, 5.74) is 8.70. The standard InChI is InChI=1S/C52H29N/c1-2-10-40(11-3-1)53-45-24-22-41(38-26-34-16-12-30-6-4-7-31-13-17-35(27-38)49(34)47(30)31)43-20-21-44-42(23-25-46(53)52(44)51(43)45)39-28-36-18-14-32-8-5-9-33-15-19-37(29-39)50(36)48(32)33/h1-29H. The summed E-state index contributed by atoms with van der Waals surface area (Å²) in [6, 6.07) is 66.2. The van der Waals surface area contributed by atoms with Crippen LogP contribution in [0, 0.1) is 0 Å². The average molecular weight is 668 g/mol. The molecular weight excluding hydrogens is 639 g/mol. The van der Waals surface area contributed by atoms with Crippen LogP contribution in [0.2, 0.25) is 0 Å². The number of benzene rings is 12. The van der Waals surface area contributed by atoms with E-state index >= 15 is 0 Å². The van der Waals surface area contributed by atoms with Crippen molar-refractivity contribution < 1.29 is 0 Å². The first-order chi connectivity index (χ1) is 26.3. The fourth-order valence-corrected chi connectivity index (χ4v) is 9.93. The fourth-order valence-electron chi connectivity index (χ4n) is 9.93. The molecule has 0 radical (unpaired) electrons. The number of para-hydroxylation sites is 1. The van der Waals surface area contributed by atoms with Crippen molar-refractivity contribution in [3.05, 3.63) is 176 Å². The molecule has 0 atom stereocenters. The summed E-state index contributed by atoms with van der Waals surface area (Å²) in [6.07, 6.45) is 0. The van der Waals surface area contributed by atoms with Gasteiger partial charge in [-0.3, -0.25) is 0 Å². The van der Waals surface area contributed by atoms with Crippen LogP contribution < -0.4 is 0 Å². The molecule has 1 heterocycles. The van der Waals surface area contributed by atoms with Crippen molar-refractivity contribution in [3.8, 4) is 27.9 Å². The van der Waals surface area contributed by atoms with E-state index in [-0.39, 0.29) is 0 Å². The molecule has 0 saturated carbocycles. The summed E-state index contributed by atoms with van der Waals surface area (Å²) in [5, 5.41) is 21.0. The zero-order chi connectivity index (χ0) is 34.4. The SMILES string of the molecule is c1ccc(-n2c3ccc(-c4cc5ccc6cccc7ccc(c4)c5c67)c4ccc5c(-c6cc7ccc8cccc9ccc(c6)c7c89)ccc2c5c43)cc1. The lowest BCUT2D eigenvalue weighted by Crippen LogP contribution is -1.93. The predicted molar refractivity (Wildman–Crippen MR) is 228 cm³/mol. The second-order valence-corrected chi connectivity index (χ2v) is 14.9. The van der Waals surface area contributed by atoms with E-state index in [2.05, 4.69) is 180 Å². The zero-order valence-corrected chi connectivity index (χ0v) is 28.7. The van der Waals surface area contributed by atoms with Crippen molar-refractivity contribution in [2.45, 2.75) is 0 Å². The summed E-state index contributed by atoms with van der Waals surface area (Å²) in [5.74, 6) is 0. The van der Waals surface area contributed by atoms with Gasteiger partial charge in [0, 0.05) is 16.5 Å². The monoisotopic (exact) mass is 667 g/mol. The lowest BCUT2D eigenvalue weighted by atomic mass is 9.88. The summed E-state index contributed by atoms with van der Waals surface area (Å²) in [7, 11) is 0. The molecule has 13 rings (SSSR count). The first-order valence-corrected chi connectivity index (χ1v) is 18.5. The average Bonchev–Trinajstić information content (AvgIpc) is 3.56. The lowest BCUT2D eigenvalue weighted by Gasteiger charge is -2.15. The van der Waals surface area contributed by atoms with Gasteiger partial charge in [0.05, 0.1) is 11.0 Å². The Kier molecular flexibility index (Phi) is 5.17. The molecule has 0 amide bonds. The Balaban J connectivity index is 1.10. The molecule has 0 fully saturated rings. The van der Waals surface area contributed by atoms with E-state index in [0.717, 1.165) is 0 Å². The summed E-state index contributed by atoms with van der Waals surface area (Å²) >= 11 is 0. The van der Waals surface area contributed by atoms with E-state index in [9.17, 15) is 0 Å². The third-order valence-corrected chi connectivity index (χ3v) is 12.2. The van der Waals surface area contributed by atoms with Crippen LogP contribution in [0.25, 0.3) is 125 Å². The van der Waals surface area contributed by atoms with Crippen molar-refractivity contribution in [1.82, 2.24) is 4.57 Å². The van der Waals surface area contributed by atoms with Crippen LogP contribution in [0.4, 0.5) is 0 Å². The van der Waals surface area contributed by atoms with Crippen molar-refractivity contribution in [1.29, 1.82) is 0 Å². The lowest BCUT2D eigenvalue weighted by molar-refractivity contribution is 1.18. The molecule has 0 aliphatic carbocycles. The van der Waals surface area contributed by atoms with Crippen LogP contribution in [0.5, 0.6) is 0 Å². The molecule has 0 spiro atoms. The van der Waals surface area contributed by atoms with Crippen molar-refractivity contribution in [2.24, 2.45) is 0 Å². The molecule has 0 aliphatic rings. The van der Waals surface area contributed by atoms with E-state index in [1.165, 1.54) is 125 Å². The van der Waals surface area contributed by atoms with Gasteiger partial charge in [0.2, 0.25) is 0 Å². The number of hydrogen-bond acceptors (Lipinski definition) is 0. The Hall–Kier alpha value is -6.96. The molecular formula is C52H29N. The van der Waals surface area contributed by atoms with E-state index in [0.29, 0.717) is 0 Å². The van der Waals surface area contributed by atoms with Gasteiger partial charge in [-0.05, 0) is 146 Å². The molecule has 0 bridgehead atoms. The number of rotatable bonds is 3. The molecule has 0 N–H and O–H groups in total. The first kappa shape index (κ1) is 27.7. The highest BCUT2D eigenvalue weighted by Crippen LogP contribution is 2.47. The van der Waals surface area contributed by atoms with Crippen molar-refractivity contribution in [2.75, 3.05) is 0 Å². The maximum absolute atomic E-state index is 2.46. The molecule has 0 unspecified atom stereocenters. The Morgan fingerprint density at radius 1 is 0.264 bits per heavy atom. The maximum atomic E-state index is 2.46. The third kappa shape index (κ3) is 3.61. The van der Waals surface area contributed by atoms with Gasteiger partial charge in [0.15, 0.2) is 0 Å². The fraction of sp³-hybridized carbons (Fsp3) is 0. The van der Waals surface area contributed by atoms with Crippen molar-refractivity contribution in [3.63, 3.8) is 0 Å². The quantitative estimate of drug-likeness (QED) is 0.165. The minimum absolute atomic E-state index is 1.18. The molecule has 53 heavy (non-hydrogen) atoms. The van der Waals surface area contributed by atoms with Crippen LogP contribution in [-0.4, -0.2) is 4.57 Å². The Morgan fingerprint density at radius 3 is 1.06 bits per heavy atom. The van der Waals surface area contributed by atoms with Gasteiger partial charge in [0.1, 0.15) is 0 Å². The predicted octanol–water partition coefficient (Wildman–Crippen LogP) is 14.5. The van der Waals surface area contributed by atoms with E-state index in [1.807, 2.05) is 0 Å². The van der Waals surface area contributed by atoms with Gasteiger partial charge in [-0.2, -0.15) is 0 Å². The minimum atomic E-state index is 1.18. The number of hydrogen-bond donors (Lipinski definition) is 0. The van der Waals surface area contributed by atoms with E-state index < -0.39 is 0 Å². The van der Waals surface area contributed by atoms with Crippen LogP contribution in [-0.2, 0) is 0 Å². The van der Waals surface area contributed by atoms with Crippen LogP contribution in [0.1, 0.15) is 0 Å². The Labute approximate surface area is 304 Å². The summed E-state index contributed by atoms with van der Waals surface area (Å²) in [6.45, 7) is 0. The van der Waals surface area contributed by atoms with Crippen LogP contribution in [0.15, 0.2) is 176 Å². The van der Waals surface area contributed by atoms with Crippen molar-refractivity contribution >= 4 is 97.2 Å². The number of nitrogens with zero attached hydrogens (tertiary/aromatic N) is 1. The highest BCUT2D eigenvalue weighted by atomic mass is 15.0. The molecule has 1 aromatic heterocycles. The van der Waals surface area contributed by atoms with Gasteiger partial charge in [-0.1, -0.05) is 127 Å². The van der Waals surface area contributed by atoms with Gasteiger partial charge in [-0.25, -0.2) is 0 Å². The molecule has 242 valence electrons. The van der Waals surface area contributed by atoms with Crippen LogP contribution >= 0.6 is 0 Å². The zero-order valence-electron chi connectivity index (χ0n) is 28.7. The molecule has 13 aromatic rings. The second-order valence-electron chi connectivity index (χ2n) is 14.9. The molecule has 12 aromatic carbocycles. The third-order valence-electron chi connectivity index (χ3n) is 12.2. The first-order valence-electron chi connectivity index (χ1n) is 18.5. The van der Waals surface area contributed by atoms with Gasteiger partial charge in [0.25, 0.3) is 0 Å². The van der Waals surface area contributed by atoms with Gasteiger partial charge < -0.3 is 4.57 Å².